The largest absolute Gasteiger partial charge is 0.337 e. The number of hydrogen-bond acceptors (Lipinski definition) is 7. The Morgan fingerprint density at radius 3 is 2.29 bits per heavy atom. The topological polar surface area (TPSA) is 95.1 Å². The fraction of sp³-hybridized carbons (Fsp3) is 0.323. The van der Waals surface area contributed by atoms with Crippen molar-refractivity contribution in [3.8, 4) is 11.4 Å². The second-order valence-electron chi connectivity index (χ2n) is 9.80. The van der Waals surface area contributed by atoms with Crippen LogP contribution < -0.4 is 5.56 Å². The number of nitrogens with zero attached hydrogens (tertiary/aromatic N) is 5. The Labute approximate surface area is 254 Å². The Morgan fingerprint density at radius 1 is 0.976 bits per heavy atom. The Kier molecular flexibility index (Phi) is 11.2. The van der Waals surface area contributed by atoms with E-state index in [1.54, 1.807) is 48.5 Å². The van der Waals surface area contributed by atoms with Crippen LogP contribution in [0.25, 0.3) is 11.4 Å². The van der Waals surface area contributed by atoms with Gasteiger partial charge < -0.3 is 14.8 Å². The summed E-state index contributed by atoms with van der Waals surface area (Å²) in [5.74, 6) is 0.632. The first-order valence-electron chi connectivity index (χ1n) is 13.8. The number of hydrogen-bond donors (Lipinski definition) is 1. The first-order chi connectivity index (χ1) is 20.2. The van der Waals surface area contributed by atoms with Crippen molar-refractivity contribution < 1.29 is 9.18 Å². The normalized spacial score (nSPS) is 11.2. The Hall–Kier alpha value is -3.60. The highest BCUT2D eigenvalue weighted by Gasteiger charge is 2.20. The highest BCUT2D eigenvalue weighted by Crippen LogP contribution is 2.21. The maximum absolute atomic E-state index is 13.7. The zero-order valence-corrected chi connectivity index (χ0v) is 25.5. The summed E-state index contributed by atoms with van der Waals surface area (Å²) in [5, 5.41) is 1.06. The highest BCUT2D eigenvalue weighted by atomic mass is 35.5. The van der Waals surface area contributed by atoms with Crippen LogP contribution in [-0.4, -0.2) is 61.8 Å². The predicted molar refractivity (Wildman–Crippen MR) is 165 cm³/mol. The molecule has 1 N–H and O–H groups in total. The van der Waals surface area contributed by atoms with Crippen molar-refractivity contribution in [2.75, 3.05) is 26.2 Å². The Bertz CT molecular complexity index is 1530. The molecule has 8 nitrogen and oxygen atoms in total. The van der Waals surface area contributed by atoms with Crippen molar-refractivity contribution in [2.24, 2.45) is 0 Å². The summed E-state index contributed by atoms with van der Waals surface area (Å²) < 4.78 is 13.2. The van der Waals surface area contributed by atoms with Crippen LogP contribution in [0.4, 0.5) is 4.39 Å². The average Bonchev–Trinajstić information content (AvgIpc) is 3.00. The average molecular weight is 609 g/mol. The summed E-state index contributed by atoms with van der Waals surface area (Å²) in [7, 11) is 0. The van der Waals surface area contributed by atoms with Gasteiger partial charge >= 0.3 is 0 Å². The van der Waals surface area contributed by atoms with Crippen LogP contribution in [0.3, 0.4) is 0 Å². The number of carbonyl (C=O) groups excluding carboxylic acids is 1. The molecule has 4 aromatic rings. The van der Waals surface area contributed by atoms with Gasteiger partial charge in [0, 0.05) is 59.5 Å². The summed E-state index contributed by atoms with van der Waals surface area (Å²) in [5.41, 5.74) is 3.11. The summed E-state index contributed by atoms with van der Waals surface area (Å²) in [6.07, 6.45) is 3.45. The molecule has 2 aromatic heterocycles. The van der Waals surface area contributed by atoms with Crippen LogP contribution in [-0.2, 0) is 23.5 Å². The van der Waals surface area contributed by atoms with Gasteiger partial charge in [-0.05, 0) is 62.0 Å². The van der Waals surface area contributed by atoms with Gasteiger partial charge in [-0.2, -0.15) is 0 Å². The number of halogens is 2. The van der Waals surface area contributed by atoms with E-state index < -0.39 is 0 Å². The van der Waals surface area contributed by atoms with Crippen LogP contribution >= 0.6 is 23.4 Å². The first-order valence-corrected chi connectivity index (χ1v) is 15.2. The minimum absolute atomic E-state index is 0.0121. The number of nitrogens with one attached hydrogen (secondary N) is 1. The van der Waals surface area contributed by atoms with E-state index in [-0.39, 0.29) is 23.7 Å². The summed E-state index contributed by atoms with van der Waals surface area (Å²) in [6, 6.07) is 13.5. The smallest absolute Gasteiger partial charge is 0.254 e. The van der Waals surface area contributed by atoms with Gasteiger partial charge in [-0.3, -0.25) is 9.59 Å². The molecule has 0 atom stereocenters. The molecule has 42 heavy (non-hydrogen) atoms. The summed E-state index contributed by atoms with van der Waals surface area (Å²) in [4.78, 5) is 46.8. The van der Waals surface area contributed by atoms with E-state index in [4.69, 9.17) is 11.6 Å². The molecule has 0 radical (unpaired) electrons. The molecule has 4 rings (SSSR count). The Balaban J connectivity index is 1.50. The molecule has 220 valence electrons. The molecule has 1 amide bonds. The molecular weight excluding hydrogens is 575 g/mol. The quantitative estimate of drug-likeness (QED) is 0.157. The van der Waals surface area contributed by atoms with E-state index in [1.807, 2.05) is 12.1 Å². The molecule has 11 heteroatoms. The molecule has 0 fully saturated rings. The lowest BCUT2D eigenvalue weighted by atomic mass is 10.1. The number of aromatic amines is 1. The maximum Gasteiger partial charge on any atom is 0.254 e. The van der Waals surface area contributed by atoms with Crippen molar-refractivity contribution >= 4 is 29.3 Å². The third-order valence-electron chi connectivity index (χ3n) is 6.95. The monoisotopic (exact) mass is 608 g/mol. The molecule has 0 bridgehead atoms. The number of likely N-dealkylation sites (N-methyl/N-ethyl adjacent to an activating group) is 1. The number of rotatable bonds is 13. The lowest BCUT2D eigenvalue weighted by molar-refractivity contribution is -0.131. The first kappa shape index (κ1) is 31.3. The van der Waals surface area contributed by atoms with Crippen molar-refractivity contribution in [2.45, 2.75) is 44.6 Å². The van der Waals surface area contributed by atoms with E-state index in [1.165, 1.54) is 23.9 Å². The zero-order chi connectivity index (χ0) is 30.1. The number of benzene rings is 2. The van der Waals surface area contributed by atoms with E-state index in [0.29, 0.717) is 52.6 Å². The van der Waals surface area contributed by atoms with Gasteiger partial charge in [-0.25, -0.2) is 19.3 Å². The van der Waals surface area contributed by atoms with Crippen LogP contribution in [0, 0.1) is 12.7 Å². The second-order valence-corrected chi connectivity index (χ2v) is 11.2. The number of amides is 1. The minimum atomic E-state index is -0.305. The number of aromatic nitrogens is 4. The third-order valence-corrected chi connectivity index (χ3v) is 8.15. The van der Waals surface area contributed by atoms with Crippen molar-refractivity contribution in [3.05, 3.63) is 105 Å². The van der Waals surface area contributed by atoms with Gasteiger partial charge in [0.15, 0.2) is 11.0 Å². The summed E-state index contributed by atoms with van der Waals surface area (Å²) in [6.45, 7) is 9.15. The zero-order valence-electron chi connectivity index (χ0n) is 23.9. The standard InChI is InChI=1S/C31H34ClFN6O2S/c1-4-38(5-2)14-15-39(19-23-17-34-29(35-18-23)24-8-10-25(32)11-9-24)28(40)16-27-21(3)30(41)37-31(36-27)42-20-22-6-12-26(33)13-7-22/h6-13,17-18H,4-5,14-16,19-20H2,1-3H3,(H,36,37,41). The molecule has 0 aliphatic carbocycles. The second kappa shape index (κ2) is 15.0. The molecular formula is C31H34ClFN6O2S. The van der Waals surface area contributed by atoms with E-state index in [2.05, 4.69) is 38.7 Å². The number of carbonyl (C=O) groups is 1. The summed E-state index contributed by atoms with van der Waals surface area (Å²) >= 11 is 7.33. The Morgan fingerprint density at radius 2 is 1.64 bits per heavy atom. The predicted octanol–water partition coefficient (Wildman–Crippen LogP) is 5.53. The van der Waals surface area contributed by atoms with Gasteiger partial charge in [-0.15, -0.1) is 0 Å². The third kappa shape index (κ3) is 8.70. The molecule has 0 unspecified atom stereocenters. The van der Waals surface area contributed by atoms with Crippen LogP contribution in [0.2, 0.25) is 5.02 Å². The maximum atomic E-state index is 13.7. The van der Waals surface area contributed by atoms with Gasteiger partial charge in [0.1, 0.15) is 5.82 Å². The molecule has 2 heterocycles. The molecule has 0 saturated heterocycles. The lowest BCUT2D eigenvalue weighted by Crippen LogP contribution is -2.39. The number of thioether (sulfide) groups is 1. The molecule has 0 spiro atoms. The van der Waals surface area contributed by atoms with Gasteiger partial charge in [0.05, 0.1) is 12.1 Å². The van der Waals surface area contributed by atoms with Crippen LogP contribution in [0.1, 0.15) is 36.2 Å². The van der Waals surface area contributed by atoms with Gasteiger partial charge in [-0.1, -0.05) is 49.3 Å². The van der Waals surface area contributed by atoms with Crippen LogP contribution in [0.5, 0.6) is 0 Å². The minimum Gasteiger partial charge on any atom is -0.337 e. The van der Waals surface area contributed by atoms with E-state index >= 15 is 0 Å². The van der Waals surface area contributed by atoms with Crippen molar-refractivity contribution in [3.63, 3.8) is 0 Å². The van der Waals surface area contributed by atoms with Crippen molar-refractivity contribution in [1.82, 2.24) is 29.7 Å². The SMILES string of the molecule is CCN(CC)CCN(Cc1cnc(-c2ccc(Cl)cc2)nc1)C(=O)Cc1nc(SCc2ccc(F)cc2)[nH]c(=O)c1C. The fourth-order valence-corrected chi connectivity index (χ4v) is 5.24. The highest BCUT2D eigenvalue weighted by molar-refractivity contribution is 7.98. The fourth-order valence-electron chi connectivity index (χ4n) is 4.28. The molecule has 0 aliphatic heterocycles. The lowest BCUT2D eigenvalue weighted by Gasteiger charge is -2.26. The molecule has 0 saturated carbocycles. The van der Waals surface area contributed by atoms with E-state index in [0.717, 1.165) is 29.8 Å². The number of H-pyrrole nitrogens is 1. The van der Waals surface area contributed by atoms with Crippen molar-refractivity contribution in [1.29, 1.82) is 0 Å². The van der Waals surface area contributed by atoms with E-state index in [9.17, 15) is 14.0 Å². The van der Waals surface area contributed by atoms with Crippen LogP contribution in [0.15, 0.2) is 70.9 Å². The van der Waals surface area contributed by atoms with Gasteiger partial charge in [0.25, 0.3) is 5.56 Å². The molecule has 2 aromatic carbocycles. The van der Waals surface area contributed by atoms with Gasteiger partial charge in [0.2, 0.25) is 5.91 Å². The molecule has 0 aliphatic rings.